The van der Waals surface area contributed by atoms with Gasteiger partial charge in [-0.05, 0) is 20.3 Å². The summed E-state index contributed by atoms with van der Waals surface area (Å²) in [6, 6.07) is 0.0946. The number of rotatable bonds is 4. The van der Waals surface area contributed by atoms with E-state index in [1.54, 1.807) is 0 Å². The molecule has 0 aromatic heterocycles. The highest BCUT2D eigenvalue weighted by Crippen LogP contribution is 2.63. The molecule has 2 rings (SSSR count). The lowest BCUT2D eigenvalue weighted by Gasteiger charge is -2.29. The minimum atomic E-state index is -0.893. The van der Waals surface area contributed by atoms with E-state index in [4.69, 9.17) is 27.9 Å². The number of hydrogen-bond acceptors (Lipinski definition) is 3. The second-order valence-corrected chi connectivity index (χ2v) is 6.98. The Morgan fingerprint density at radius 2 is 2.00 bits per heavy atom. The van der Waals surface area contributed by atoms with Crippen LogP contribution in [0.5, 0.6) is 0 Å². The number of halogens is 2. The average molecular weight is 295 g/mol. The van der Waals surface area contributed by atoms with Crippen LogP contribution < -0.4 is 5.32 Å². The first kappa shape index (κ1) is 14.4. The fraction of sp³-hybridized carbons (Fsp3) is 0.917. The number of nitrogens with zero attached hydrogens (tertiary/aromatic N) is 1. The molecule has 0 aromatic rings. The fourth-order valence-corrected chi connectivity index (χ4v) is 2.95. The number of hydrogen-bond donors (Lipinski definition) is 1. The Morgan fingerprint density at radius 1 is 1.44 bits per heavy atom. The zero-order valence-electron chi connectivity index (χ0n) is 10.8. The van der Waals surface area contributed by atoms with Crippen molar-refractivity contribution < 1.29 is 9.53 Å². The first-order valence-electron chi connectivity index (χ1n) is 6.34. The third kappa shape index (κ3) is 2.93. The summed E-state index contributed by atoms with van der Waals surface area (Å²) in [5.74, 6) is -0.0479. The summed E-state index contributed by atoms with van der Waals surface area (Å²) in [6.07, 6.45) is 0.527. The van der Waals surface area contributed by atoms with Crippen LogP contribution in [0.3, 0.4) is 0 Å². The molecule has 0 bridgehead atoms. The van der Waals surface area contributed by atoms with Crippen LogP contribution in [0.1, 0.15) is 20.3 Å². The second kappa shape index (κ2) is 5.16. The van der Waals surface area contributed by atoms with E-state index in [2.05, 4.69) is 10.2 Å². The standard InChI is InChI=1S/C12H20Cl2N2O2/c1-9(7-16-3-5-18-6-4-16)15-10(17)11(2)8-12(11,13)14/h9H,3-8H2,1-2H3,(H,15,17)/t9-,11+/m0/s1. The van der Waals surface area contributed by atoms with Gasteiger partial charge in [-0.25, -0.2) is 0 Å². The van der Waals surface area contributed by atoms with Gasteiger partial charge in [0, 0.05) is 25.7 Å². The van der Waals surface area contributed by atoms with E-state index in [-0.39, 0.29) is 11.9 Å². The number of carbonyl (C=O) groups excluding carboxylic acids is 1. The predicted octanol–water partition coefficient (Wildman–Crippen LogP) is 1.41. The van der Waals surface area contributed by atoms with Crippen molar-refractivity contribution in [3.05, 3.63) is 0 Å². The van der Waals surface area contributed by atoms with Crippen molar-refractivity contribution in [2.75, 3.05) is 32.8 Å². The van der Waals surface area contributed by atoms with Gasteiger partial charge in [0.15, 0.2) is 0 Å². The van der Waals surface area contributed by atoms with Crippen LogP contribution in [0.2, 0.25) is 0 Å². The summed E-state index contributed by atoms with van der Waals surface area (Å²) in [5, 5.41) is 2.99. The number of alkyl halides is 2. The summed E-state index contributed by atoms with van der Waals surface area (Å²) in [7, 11) is 0. The zero-order valence-corrected chi connectivity index (χ0v) is 12.4. The molecule has 104 valence electrons. The lowest BCUT2D eigenvalue weighted by molar-refractivity contribution is -0.126. The van der Waals surface area contributed by atoms with Crippen molar-refractivity contribution in [3.63, 3.8) is 0 Å². The molecule has 0 unspecified atom stereocenters. The highest BCUT2D eigenvalue weighted by molar-refractivity contribution is 6.53. The molecular weight excluding hydrogens is 275 g/mol. The lowest BCUT2D eigenvalue weighted by Crippen LogP contribution is -2.47. The van der Waals surface area contributed by atoms with Crippen molar-refractivity contribution in [2.45, 2.75) is 30.6 Å². The molecule has 18 heavy (non-hydrogen) atoms. The molecular formula is C12H20Cl2N2O2. The summed E-state index contributed by atoms with van der Waals surface area (Å²) in [6.45, 7) is 8.03. The van der Waals surface area contributed by atoms with Crippen LogP contribution in [0.25, 0.3) is 0 Å². The molecule has 4 nitrogen and oxygen atoms in total. The second-order valence-electron chi connectivity index (χ2n) is 5.50. The summed E-state index contributed by atoms with van der Waals surface area (Å²) in [4.78, 5) is 14.4. The maximum atomic E-state index is 12.1. The van der Waals surface area contributed by atoms with Crippen LogP contribution >= 0.6 is 23.2 Å². The number of ether oxygens (including phenoxy) is 1. The maximum absolute atomic E-state index is 12.1. The van der Waals surface area contributed by atoms with E-state index < -0.39 is 9.75 Å². The quantitative estimate of drug-likeness (QED) is 0.797. The first-order valence-corrected chi connectivity index (χ1v) is 7.10. The SMILES string of the molecule is C[C@@H](CN1CCOCC1)NC(=O)[C@@]1(C)CC1(Cl)Cl. The highest BCUT2D eigenvalue weighted by atomic mass is 35.5. The highest BCUT2D eigenvalue weighted by Gasteiger charge is 2.67. The van der Waals surface area contributed by atoms with E-state index in [0.717, 1.165) is 32.8 Å². The Hall–Kier alpha value is -0.0300. The summed E-state index contributed by atoms with van der Waals surface area (Å²) < 4.78 is 4.40. The van der Waals surface area contributed by atoms with Crippen LogP contribution in [-0.2, 0) is 9.53 Å². The van der Waals surface area contributed by atoms with Crippen LogP contribution in [0.4, 0.5) is 0 Å². The smallest absolute Gasteiger partial charge is 0.229 e. The summed E-state index contributed by atoms with van der Waals surface area (Å²) >= 11 is 12.0. The Balaban J connectivity index is 1.77. The van der Waals surface area contributed by atoms with Crippen molar-refractivity contribution >= 4 is 29.1 Å². The van der Waals surface area contributed by atoms with Crippen molar-refractivity contribution in [1.82, 2.24) is 10.2 Å². The molecule has 2 fully saturated rings. The van der Waals surface area contributed by atoms with Gasteiger partial charge >= 0.3 is 0 Å². The first-order chi connectivity index (χ1) is 8.35. The Morgan fingerprint density at radius 3 is 2.50 bits per heavy atom. The van der Waals surface area contributed by atoms with Gasteiger partial charge in [-0.3, -0.25) is 9.69 Å². The molecule has 2 atom stereocenters. The molecule has 1 amide bonds. The van der Waals surface area contributed by atoms with Gasteiger partial charge in [0.2, 0.25) is 5.91 Å². The average Bonchev–Trinajstić information content (AvgIpc) is 2.80. The number of carbonyl (C=O) groups is 1. The van der Waals surface area contributed by atoms with Crippen molar-refractivity contribution in [3.8, 4) is 0 Å². The Labute approximate surface area is 118 Å². The largest absolute Gasteiger partial charge is 0.379 e. The zero-order chi connectivity index (χ0) is 13.4. The third-order valence-corrected chi connectivity index (χ3v) is 4.87. The van der Waals surface area contributed by atoms with Crippen LogP contribution in [0.15, 0.2) is 0 Å². The van der Waals surface area contributed by atoms with E-state index in [1.807, 2.05) is 13.8 Å². The fourth-order valence-electron chi connectivity index (χ4n) is 2.25. The molecule has 1 saturated heterocycles. The van der Waals surface area contributed by atoms with Gasteiger partial charge in [0.1, 0.15) is 4.33 Å². The van der Waals surface area contributed by atoms with E-state index in [0.29, 0.717) is 6.42 Å². The predicted molar refractivity (Wildman–Crippen MR) is 72.0 cm³/mol. The number of morpholine rings is 1. The maximum Gasteiger partial charge on any atom is 0.229 e. The van der Waals surface area contributed by atoms with Crippen LogP contribution in [0, 0.1) is 5.41 Å². The van der Waals surface area contributed by atoms with Crippen molar-refractivity contribution in [1.29, 1.82) is 0 Å². The molecule has 0 radical (unpaired) electrons. The molecule has 2 aliphatic rings. The molecule has 1 N–H and O–H groups in total. The monoisotopic (exact) mass is 294 g/mol. The molecule has 6 heteroatoms. The minimum absolute atomic E-state index is 0.0479. The van der Waals surface area contributed by atoms with Gasteiger partial charge in [-0.2, -0.15) is 0 Å². The molecule has 1 heterocycles. The lowest BCUT2D eigenvalue weighted by atomic mass is 10.1. The molecule has 1 saturated carbocycles. The number of amides is 1. The minimum Gasteiger partial charge on any atom is -0.379 e. The Kier molecular flexibility index (Phi) is 4.12. The van der Waals surface area contributed by atoms with E-state index in [1.165, 1.54) is 0 Å². The molecule has 0 spiro atoms. The molecule has 1 aliphatic carbocycles. The van der Waals surface area contributed by atoms with Gasteiger partial charge < -0.3 is 10.1 Å². The van der Waals surface area contributed by atoms with Crippen molar-refractivity contribution in [2.24, 2.45) is 5.41 Å². The van der Waals surface area contributed by atoms with Gasteiger partial charge in [0.25, 0.3) is 0 Å². The Bertz CT molecular complexity index is 332. The van der Waals surface area contributed by atoms with Gasteiger partial charge in [0.05, 0.1) is 18.6 Å². The normalized spacial score (nSPS) is 32.9. The third-order valence-electron chi connectivity index (χ3n) is 3.77. The van der Waals surface area contributed by atoms with Crippen LogP contribution in [-0.4, -0.2) is 54.0 Å². The topological polar surface area (TPSA) is 41.6 Å². The van der Waals surface area contributed by atoms with E-state index >= 15 is 0 Å². The molecule has 0 aromatic carbocycles. The summed E-state index contributed by atoms with van der Waals surface area (Å²) in [5.41, 5.74) is -0.630. The van der Waals surface area contributed by atoms with E-state index in [9.17, 15) is 4.79 Å². The molecule has 1 aliphatic heterocycles. The van der Waals surface area contributed by atoms with Gasteiger partial charge in [-0.15, -0.1) is 23.2 Å². The number of nitrogens with one attached hydrogen (secondary N) is 1. The van der Waals surface area contributed by atoms with Gasteiger partial charge in [-0.1, -0.05) is 0 Å².